The number of likely N-dealkylation sites (N-methyl/N-ethyl adjacent to an activating group) is 1. The van der Waals surface area contributed by atoms with Crippen molar-refractivity contribution in [1.29, 1.82) is 0 Å². The number of aryl methyl sites for hydroxylation is 1. The summed E-state index contributed by atoms with van der Waals surface area (Å²) < 4.78 is 38.9. The Hall–Kier alpha value is -2.98. The Morgan fingerprint density at radius 1 is 1.03 bits per heavy atom. The number of nitrogens with one attached hydrogen (secondary N) is 2. The van der Waals surface area contributed by atoms with Gasteiger partial charge in [0.1, 0.15) is 5.82 Å². The van der Waals surface area contributed by atoms with Crippen molar-refractivity contribution in [3.05, 3.63) is 53.3 Å². The van der Waals surface area contributed by atoms with Gasteiger partial charge in [0.05, 0.1) is 18.0 Å². The van der Waals surface area contributed by atoms with Gasteiger partial charge in [0, 0.05) is 32.5 Å². The zero-order valence-corrected chi connectivity index (χ0v) is 19.0. The van der Waals surface area contributed by atoms with Gasteiger partial charge in [0.15, 0.2) is 0 Å². The lowest BCUT2D eigenvalue weighted by atomic mass is 10.1. The second kappa shape index (κ2) is 9.88. The fourth-order valence-electron chi connectivity index (χ4n) is 2.71. The molecule has 0 aliphatic carbocycles. The van der Waals surface area contributed by atoms with Crippen LogP contribution < -0.4 is 10.6 Å². The van der Waals surface area contributed by atoms with Crippen LogP contribution in [0.2, 0.25) is 0 Å². The molecule has 0 heterocycles. The first kappa shape index (κ1) is 24.3. The van der Waals surface area contributed by atoms with Crippen molar-refractivity contribution in [3.8, 4) is 0 Å². The van der Waals surface area contributed by atoms with Crippen LogP contribution in [-0.2, 0) is 19.6 Å². The second-order valence-corrected chi connectivity index (χ2v) is 9.51. The molecule has 2 amide bonds. The topological polar surface area (TPSA) is 98.8 Å². The minimum atomic E-state index is -3.62. The van der Waals surface area contributed by atoms with Crippen molar-refractivity contribution in [1.82, 2.24) is 9.21 Å². The first-order chi connectivity index (χ1) is 14.4. The Morgan fingerprint density at radius 3 is 2.23 bits per heavy atom. The highest BCUT2D eigenvalue weighted by atomic mass is 32.2. The monoisotopic (exact) mass is 450 g/mol. The molecule has 0 atom stereocenters. The van der Waals surface area contributed by atoms with E-state index in [9.17, 15) is 22.4 Å². The quantitative estimate of drug-likeness (QED) is 0.643. The maximum Gasteiger partial charge on any atom is 0.243 e. The summed E-state index contributed by atoms with van der Waals surface area (Å²) in [5, 5.41) is 5.56. The molecule has 2 aromatic rings. The van der Waals surface area contributed by atoms with Gasteiger partial charge in [-0.25, -0.2) is 17.1 Å². The number of halogens is 1. The number of anilines is 2. The molecule has 168 valence electrons. The van der Waals surface area contributed by atoms with E-state index in [1.807, 2.05) is 6.92 Å². The summed E-state index contributed by atoms with van der Waals surface area (Å²) >= 11 is 0. The summed E-state index contributed by atoms with van der Waals surface area (Å²) in [6.45, 7) is 3.31. The SMILES string of the molecule is Cc1cc(S(=O)(=O)N(C)C)cc(NCC(=O)N(C)CC(=O)Nc2ccc(F)cc2)c1C. The number of rotatable bonds is 8. The number of benzene rings is 2. The van der Waals surface area contributed by atoms with Gasteiger partial charge in [-0.3, -0.25) is 9.59 Å². The molecule has 0 aliphatic heterocycles. The smallest absolute Gasteiger partial charge is 0.243 e. The van der Waals surface area contributed by atoms with E-state index >= 15 is 0 Å². The molecule has 10 heteroatoms. The van der Waals surface area contributed by atoms with Gasteiger partial charge >= 0.3 is 0 Å². The number of carbonyl (C=O) groups excluding carboxylic acids is 2. The number of nitrogens with zero attached hydrogens (tertiary/aromatic N) is 2. The van der Waals surface area contributed by atoms with Crippen LogP contribution >= 0.6 is 0 Å². The van der Waals surface area contributed by atoms with E-state index in [1.165, 1.54) is 56.4 Å². The predicted molar refractivity (Wildman–Crippen MR) is 118 cm³/mol. The molecule has 2 N–H and O–H groups in total. The van der Waals surface area contributed by atoms with Gasteiger partial charge in [-0.15, -0.1) is 0 Å². The number of amides is 2. The van der Waals surface area contributed by atoms with Gasteiger partial charge in [0.25, 0.3) is 0 Å². The van der Waals surface area contributed by atoms with E-state index < -0.39 is 21.7 Å². The lowest BCUT2D eigenvalue weighted by Crippen LogP contribution is -2.38. The number of sulfonamides is 1. The molecule has 0 spiro atoms. The molecule has 2 aromatic carbocycles. The van der Waals surface area contributed by atoms with Crippen LogP contribution in [0.25, 0.3) is 0 Å². The van der Waals surface area contributed by atoms with Gasteiger partial charge in [-0.1, -0.05) is 0 Å². The zero-order valence-electron chi connectivity index (χ0n) is 18.2. The number of hydrogen-bond donors (Lipinski definition) is 2. The van der Waals surface area contributed by atoms with Crippen LogP contribution in [0.1, 0.15) is 11.1 Å². The molecule has 0 fully saturated rings. The zero-order chi connectivity index (χ0) is 23.3. The highest BCUT2D eigenvalue weighted by molar-refractivity contribution is 7.89. The van der Waals surface area contributed by atoms with E-state index in [4.69, 9.17) is 0 Å². The molecule has 0 unspecified atom stereocenters. The van der Waals surface area contributed by atoms with Crippen LogP contribution in [0.5, 0.6) is 0 Å². The summed E-state index contributed by atoms with van der Waals surface area (Å²) in [6.07, 6.45) is 0. The van der Waals surface area contributed by atoms with Gasteiger partial charge in [-0.2, -0.15) is 0 Å². The molecule has 0 saturated heterocycles. The van der Waals surface area contributed by atoms with Crippen molar-refractivity contribution < 1.29 is 22.4 Å². The Balaban J connectivity index is 2.02. The minimum absolute atomic E-state index is 0.119. The third kappa shape index (κ3) is 6.25. The molecule has 0 radical (unpaired) electrons. The van der Waals surface area contributed by atoms with Gasteiger partial charge in [0.2, 0.25) is 21.8 Å². The van der Waals surface area contributed by atoms with E-state index in [1.54, 1.807) is 13.0 Å². The standard InChI is InChI=1S/C21H27FN4O4S/c1-14-10-18(31(29,30)25(3)4)11-19(15(14)2)23-12-21(28)26(5)13-20(27)24-17-8-6-16(22)7-9-17/h6-11,23H,12-13H2,1-5H3,(H,24,27). The van der Waals surface area contributed by atoms with Crippen molar-refractivity contribution in [3.63, 3.8) is 0 Å². The van der Waals surface area contributed by atoms with Crippen LogP contribution in [0, 0.1) is 19.7 Å². The van der Waals surface area contributed by atoms with Crippen molar-refractivity contribution in [2.24, 2.45) is 0 Å². The minimum Gasteiger partial charge on any atom is -0.376 e. The van der Waals surface area contributed by atoms with Crippen molar-refractivity contribution in [2.45, 2.75) is 18.7 Å². The maximum atomic E-state index is 12.9. The molecule has 31 heavy (non-hydrogen) atoms. The summed E-state index contributed by atoms with van der Waals surface area (Å²) in [5.41, 5.74) is 2.54. The summed E-state index contributed by atoms with van der Waals surface area (Å²) in [4.78, 5) is 25.9. The second-order valence-electron chi connectivity index (χ2n) is 7.36. The molecular formula is C21H27FN4O4S. The van der Waals surface area contributed by atoms with E-state index in [0.29, 0.717) is 11.4 Å². The highest BCUT2D eigenvalue weighted by Gasteiger charge is 2.20. The predicted octanol–water partition coefficient (Wildman–Crippen LogP) is 2.20. The Bertz CT molecular complexity index is 1070. The van der Waals surface area contributed by atoms with Crippen molar-refractivity contribution in [2.75, 3.05) is 44.9 Å². The van der Waals surface area contributed by atoms with Crippen LogP contribution in [0.15, 0.2) is 41.3 Å². The van der Waals surface area contributed by atoms with Gasteiger partial charge < -0.3 is 15.5 Å². The molecule has 8 nitrogen and oxygen atoms in total. The third-order valence-corrected chi connectivity index (χ3v) is 6.58. The Kier molecular flexibility index (Phi) is 7.75. The molecule has 2 rings (SSSR count). The Morgan fingerprint density at radius 2 is 1.65 bits per heavy atom. The lowest BCUT2D eigenvalue weighted by Gasteiger charge is -2.19. The summed E-state index contributed by atoms with van der Waals surface area (Å²) in [6, 6.07) is 8.38. The van der Waals surface area contributed by atoms with Crippen LogP contribution in [-0.4, -0.2) is 63.7 Å². The molecule has 0 saturated carbocycles. The molecule has 0 aromatic heterocycles. The molecule has 0 aliphatic rings. The van der Waals surface area contributed by atoms with Gasteiger partial charge in [-0.05, 0) is 61.4 Å². The van der Waals surface area contributed by atoms with Crippen molar-refractivity contribution >= 4 is 33.2 Å². The fraction of sp³-hybridized carbons (Fsp3) is 0.333. The first-order valence-electron chi connectivity index (χ1n) is 9.49. The number of carbonyl (C=O) groups is 2. The molecular weight excluding hydrogens is 423 g/mol. The first-order valence-corrected chi connectivity index (χ1v) is 10.9. The molecule has 0 bridgehead atoms. The number of hydrogen-bond acceptors (Lipinski definition) is 5. The van der Waals surface area contributed by atoms with Crippen LogP contribution in [0.3, 0.4) is 0 Å². The van der Waals surface area contributed by atoms with Crippen LogP contribution in [0.4, 0.5) is 15.8 Å². The highest BCUT2D eigenvalue weighted by Crippen LogP contribution is 2.25. The lowest BCUT2D eigenvalue weighted by molar-refractivity contribution is -0.131. The van der Waals surface area contributed by atoms with E-state index in [2.05, 4.69) is 10.6 Å². The average Bonchev–Trinajstić information content (AvgIpc) is 2.70. The normalized spacial score (nSPS) is 11.3. The average molecular weight is 451 g/mol. The largest absolute Gasteiger partial charge is 0.376 e. The fourth-order valence-corrected chi connectivity index (χ4v) is 3.73. The summed E-state index contributed by atoms with van der Waals surface area (Å²) in [7, 11) is 0.768. The van der Waals surface area contributed by atoms with E-state index in [-0.39, 0.29) is 23.9 Å². The third-order valence-electron chi connectivity index (χ3n) is 4.78. The maximum absolute atomic E-state index is 12.9. The summed E-state index contributed by atoms with van der Waals surface area (Å²) in [5.74, 6) is -1.19. The Labute approximate surface area is 182 Å². The van der Waals surface area contributed by atoms with E-state index in [0.717, 1.165) is 15.4 Å².